The molecule has 2 rings (SSSR count). The number of rotatable bonds is 8. The third kappa shape index (κ3) is 3.87. The van der Waals surface area contributed by atoms with Crippen molar-refractivity contribution < 1.29 is 9.47 Å². The van der Waals surface area contributed by atoms with Crippen molar-refractivity contribution in [3.05, 3.63) is 60.8 Å². The first-order valence-electron chi connectivity index (χ1n) is 8.29. The number of nitrogens with zero attached hydrogens (tertiary/aromatic N) is 1. The summed E-state index contributed by atoms with van der Waals surface area (Å²) in [6.07, 6.45) is 5.94. The standard InChI is InChI=1S/C20H27NO2Si/c1-6-7-10-19(24(4,5)20-11-8-9-14-21-20)16-12-13-17(22-2)18(15-16)23-3/h6,8-9,11-15,19H,1,7,10H2,2-5H3. The van der Waals surface area contributed by atoms with Crippen LogP contribution < -0.4 is 14.8 Å². The van der Waals surface area contributed by atoms with Crippen molar-refractivity contribution in [2.75, 3.05) is 14.2 Å². The van der Waals surface area contributed by atoms with Gasteiger partial charge in [0.1, 0.15) is 8.07 Å². The summed E-state index contributed by atoms with van der Waals surface area (Å²) in [6.45, 7) is 8.67. The fraction of sp³-hybridized carbons (Fsp3) is 0.350. The number of hydrogen-bond donors (Lipinski definition) is 0. The SMILES string of the molecule is C=CCCC(c1ccc(OC)c(OC)c1)[Si](C)(C)c1ccccn1. The van der Waals surface area contributed by atoms with Gasteiger partial charge in [0.25, 0.3) is 0 Å². The molecule has 1 aromatic heterocycles. The Hall–Kier alpha value is -2.07. The Bertz CT molecular complexity index is 671. The van der Waals surface area contributed by atoms with Gasteiger partial charge in [0, 0.05) is 11.5 Å². The normalized spacial score (nSPS) is 12.5. The van der Waals surface area contributed by atoms with E-state index in [-0.39, 0.29) is 0 Å². The van der Waals surface area contributed by atoms with Crippen LogP contribution in [0.3, 0.4) is 0 Å². The van der Waals surface area contributed by atoms with E-state index in [0.29, 0.717) is 5.54 Å². The van der Waals surface area contributed by atoms with Gasteiger partial charge in [-0.1, -0.05) is 31.3 Å². The van der Waals surface area contributed by atoms with E-state index in [1.807, 2.05) is 24.4 Å². The third-order valence-corrected chi connectivity index (χ3v) is 8.65. The second kappa shape index (κ2) is 8.15. The number of allylic oxidation sites excluding steroid dienone is 1. The van der Waals surface area contributed by atoms with Crippen LogP contribution in [0.1, 0.15) is 23.9 Å². The van der Waals surface area contributed by atoms with Gasteiger partial charge in [-0.3, -0.25) is 4.98 Å². The first-order chi connectivity index (χ1) is 11.5. The topological polar surface area (TPSA) is 31.4 Å². The average Bonchev–Trinajstić information content (AvgIpc) is 2.62. The smallest absolute Gasteiger partial charge is 0.160 e. The van der Waals surface area contributed by atoms with E-state index in [4.69, 9.17) is 9.47 Å². The molecule has 2 aromatic rings. The third-order valence-electron chi connectivity index (χ3n) is 4.67. The first-order valence-corrected chi connectivity index (χ1v) is 11.4. The minimum Gasteiger partial charge on any atom is -0.493 e. The van der Waals surface area contributed by atoms with E-state index in [0.717, 1.165) is 24.3 Å². The first kappa shape index (κ1) is 18.3. The van der Waals surface area contributed by atoms with Crippen molar-refractivity contribution in [3.8, 4) is 11.5 Å². The van der Waals surface area contributed by atoms with E-state index in [1.54, 1.807) is 14.2 Å². The van der Waals surface area contributed by atoms with Gasteiger partial charge in [0.2, 0.25) is 0 Å². The fourth-order valence-electron chi connectivity index (χ4n) is 3.22. The Morgan fingerprint density at radius 2 is 1.88 bits per heavy atom. The average molecular weight is 342 g/mol. The highest BCUT2D eigenvalue weighted by molar-refractivity contribution is 6.90. The second-order valence-electron chi connectivity index (χ2n) is 6.47. The molecule has 3 nitrogen and oxygen atoms in total. The maximum Gasteiger partial charge on any atom is 0.160 e. The predicted octanol–water partition coefficient (Wildman–Crippen LogP) is 4.30. The molecule has 0 N–H and O–H groups in total. The molecule has 0 aliphatic rings. The number of hydrogen-bond acceptors (Lipinski definition) is 3. The van der Waals surface area contributed by atoms with E-state index >= 15 is 0 Å². The van der Waals surface area contributed by atoms with Crippen LogP contribution in [0, 0.1) is 0 Å². The zero-order chi connectivity index (χ0) is 17.6. The molecule has 0 aliphatic carbocycles. The number of benzene rings is 1. The van der Waals surface area contributed by atoms with Crippen LogP contribution in [0.25, 0.3) is 0 Å². The highest BCUT2D eigenvalue weighted by atomic mass is 28.3. The lowest BCUT2D eigenvalue weighted by Crippen LogP contribution is -2.49. The zero-order valence-corrected chi connectivity index (χ0v) is 16.1. The molecule has 0 fully saturated rings. The van der Waals surface area contributed by atoms with E-state index in [9.17, 15) is 0 Å². The molecule has 1 unspecified atom stereocenters. The van der Waals surface area contributed by atoms with E-state index in [2.05, 4.69) is 48.9 Å². The summed E-state index contributed by atoms with van der Waals surface area (Å²) >= 11 is 0. The Kier molecular flexibility index (Phi) is 6.21. The number of aromatic nitrogens is 1. The molecular formula is C20H27NO2Si. The molecule has 24 heavy (non-hydrogen) atoms. The van der Waals surface area contributed by atoms with Crippen LogP contribution in [0.2, 0.25) is 13.1 Å². The van der Waals surface area contributed by atoms with Crippen LogP contribution in [0.5, 0.6) is 11.5 Å². The molecule has 0 aliphatic heterocycles. The van der Waals surface area contributed by atoms with Crippen LogP contribution in [-0.4, -0.2) is 27.3 Å². The van der Waals surface area contributed by atoms with Crippen LogP contribution in [0.15, 0.2) is 55.3 Å². The monoisotopic (exact) mass is 341 g/mol. The molecule has 0 saturated carbocycles. The Labute approximate surface area is 146 Å². The molecule has 4 heteroatoms. The van der Waals surface area contributed by atoms with Crippen molar-refractivity contribution in [3.63, 3.8) is 0 Å². The lowest BCUT2D eigenvalue weighted by molar-refractivity contribution is 0.354. The Balaban J connectivity index is 2.47. The molecule has 1 atom stereocenters. The van der Waals surface area contributed by atoms with E-state index in [1.165, 1.54) is 10.9 Å². The zero-order valence-electron chi connectivity index (χ0n) is 15.1. The molecular weight excluding hydrogens is 314 g/mol. The summed E-state index contributed by atoms with van der Waals surface area (Å²) < 4.78 is 10.9. The number of methoxy groups -OCH3 is 2. The molecule has 0 bridgehead atoms. The van der Waals surface area contributed by atoms with Crippen molar-refractivity contribution in [2.45, 2.75) is 31.5 Å². The highest BCUT2D eigenvalue weighted by Crippen LogP contribution is 2.36. The molecule has 0 saturated heterocycles. The molecule has 1 aromatic carbocycles. The summed E-state index contributed by atoms with van der Waals surface area (Å²) in [6, 6.07) is 12.5. The van der Waals surface area contributed by atoms with Crippen molar-refractivity contribution in [1.82, 2.24) is 4.98 Å². The van der Waals surface area contributed by atoms with Crippen molar-refractivity contribution in [1.29, 1.82) is 0 Å². The summed E-state index contributed by atoms with van der Waals surface area (Å²) in [7, 11) is 1.54. The molecule has 1 heterocycles. The van der Waals surface area contributed by atoms with Gasteiger partial charge in [-0.25, -0.2) is 0 Å². The van der Waals surface area contributed by atoms with Gasteiger partial charge in [-0.15, -0.1) is 6.58 Å². The number of pyridine rings is 1. The van der Waals surface area contributed by atoms with Gasteiger partial charge < -0.3 is 9.47 Å². The summed E-state index contributed by atoms with van der Waals surface area (Å²) in [5, 5.41) is 1.23. The lowest BCUT2D eigenvalue weighted by Gasteiger charge is -2.32. The number of ether oxygens (including phenoxy) is 2. The van der Waals surface area contributed by atoms with Crippen LogP contribution in [-0.2, 0) is 0 Å². The van der Waals surface area contributed by atoms with Gasteiger partial charge in [0.05, 0.1) is 14.2 Å². The van der Waals surface area contributed by atoms with Gasteiger partial charge in [0.15, 0.2) is 11.5 Å². The van der Waals surface area contributed by atoms with Gasteiger partial charge in [-0.05, 0) is 48.2 Å². The minimum atomic E-state index is -1.81. The molecule has 128 valence electrons. The van der Waals surface area contributed by atoms with Crippen LogP contribution >= 0.6 is 0 Å². The minimum absolute atomic E-state index is 0.435. The Morgan fingerprint density at radius 1 is 1.12 bits per heavy atom. The Morgan fingerprint density at radius 3 is 2.46 bits per heavy atom. The fourth-order valence-corrected chi connectivity index (χ4v) is 6.41. The van der Waals surface area contributed by atoms with Crippen molar-refractivity contribution >= 4 is 13.4 Å². The maximum absolute atomic E-state index is 5.50. The van der Waals surface area contributed by atoms with E-state index < -0.39 is 8.07 Å². The second-order valence-corrected chi connectivity index (χ2v) is 11.1. The van der Waals surface area contributed by atoms with Gasteiger partial charge >= 0.3 is 0 Å². The molecule has 0 radical (unpaired) electrons. The highest BCUT2D eigenvalue weighted by Gasteiger charge is 2.36. The van der Waals surface area contributed by atoms with Crippen LogP contribution in [0.4, 0.5) is 0 Å². The molecule has 0 spiro atoms. The van der Waals surface area contributed by atoms with Crippen molar-refractivity contribution in [2.24, 2.45) is 0 Å². The maximum atomic E-state index is 5.50. The predicted molar refractivity (Wildman–Crippen MR) is 103 cm³/mol. The summed E-state index contributed by atoms with van der Waals surface area (Å²) in [5.74, 6) is 1.55. The quantitative estimate of drug-likeness (QED) is 0.530. The summed E-state index contributed by atoms with van der Waals surface area (Å²) in [5.41, 5.74) is 1.72. The summed E-state index contributed by atoms with van der Waals surface area (Å²) in [4.78, 5) is 4.66. The lowest BCUT2D eigenvalue weighted by atomic mass is 10.1. The molecule has 0 amide bonds. The largest absolute Gasteiger partial charge is 0.493 e. The van der Waals surface area contributed by atoms with Gasteiger partial charge in [-0.2, -0.15) is 0 Å².